The highest BCUT2D eigenvalue weighted by Crippen LogP contribution is 2.32. The summed E-state index contributed by atoms with van der Waals surface area (Å²) >= 11 is 0. The Morgan fingerprint density at radius 2 is 2.27 bits per heavy atom. The van der Waals surface area contributed by atoms with Crippen molar-refractivity contribution in [1.29, 1.82) is 0 Å². The fourth-order valence-corrected chi connectivity index (χ4v) is 2.02. The first kappa shape index (κ1) is 12.2. The highest BCUT2D eigenvalue weighted by atomic mass is 16.2. The van der Waals surface area contributed by atoms with Crippen molar-refractivity contribution >= 4 is 5.91 Å². The van der Waals surface area contributed by atoms with Crippen molar-refractivity contribution < 1.29 is 4.79 Å². The predicted molar refractivity (Wildman–Crippen MR) is 62.7 cm³/mol. The lowest BCUT2D eigenvalue weighted by molar-refractivity contribution is -0.128. The molecule has 0 aliphatic carbocycles. The molecule has 1 fully saturated rings. The van der Waals surface area contributed by atoms with Gasteiger partial charge in [-0.15, -0.1) is 6.58 Å². The van der Waals surface area contributed by atoms with Crippen molar-refractivity contribution in [3.63, 3.8) is 0 Å². The third-order valence-corrected chi connectivity index (χ3v) is 3.18. The van der Waals surface area contributed by atoms with E-state index in [2.05, 4.69) is 16.8 Å². The van der Waals surface area contributed by atoms with Crippen molar-refractivity contribution in [2.45, 2.75) is 25.7 Å². The van der Waals surface area contributed by atoms with Gasteiger partial charge in [0.15, 0.2) is 0 Å². The smallest absolute Gasteiger partial charge is 0.230 e. The molecular formula is C12H22N2O. The van der Waals surface area contributed by atoms with Crippen molar-refractivity contribution in [2.24, 2.45) is 5.41 Å². The van der Waals surface area contributed by atoms with Gasteiger partial charge in [0.25, 0.3) is 0 Å². The predicted octanol–water partition coefficient (Wildman–Crippen LogP) is 1.41. The van der Waals surface area contributed by atoms with Crippen LogP contribution in [0.15, 0.2) is 12.7 Å². The third kappa shape index (κ3) is 3.06. The molecule has 0 aromatic heterocycles. The summed E-state index contributed by atoms with van der Waals surface area (Å²) in [5.74, 6) is 0.164. The fourth-order valence-electron chi connectivity index (χ4n) is 2.02. The van der Waals surface area contributed by atoms with Crippen molar-refractivity contribution in [3.8, 4) is 0 Å². The second kappa shape index (κ2) is 5.31. The lowest BCUT2D eigenvalue weighted by Crippen LogP contribution is -2.39. The van der Waals surface area contributed by atoms with Crippen LogP contribution in [0.25, 0.3) is 0 Å². The number of nitrogens with zero attached hydrogens (tertiary/aromatic N) is 1. The minimum absolute atomic E-state index is 0.164. The maximum atomic E-state index is 12.0. The number of hydrogen-bond donors (Lipinski definition) is 1. The molecule has 0 spiro atoms. The highest BCUT2D eigenvalue weighted by molar-refractivity contribution is 5.84. The van der Waals surface area contributed by atoms with Gasteiger partial charge in [0.1, 0.15) is 0 Å². The Labute approximate surface area is 92.5 Å². The number of nitrogens with one attached hydrogen (secondary N) is 1. The van der Waals surface area contributed by atoms with Crippen molar-refractivity contribution in [1.82, 2.24) is 10.2 Å². The second-order valence-electron chi connectivity index (χ2n) is 4.63. The van der Waals surface area contributed by atoms with E-state index >= 15 is 0 Å². The van der Waals surface area contributed by atoms with Gasteiger partial charge in [-0.05, 0) is 39.9 Å². The molecule has 1 aliphatic heterocycles. The van der Waals surface area contributed by atoms with Crippen LogP contribution in [0.5, 0.6) is 0 Å². The van der Waals surface area contributed by atoms with Crippen LogP contribution >= 0.6 is 0 Å². The van der Waals surface area contributed by atoms with Gasteiger partial charge < -0.3 is 10.2 Å². The zero-order valence-corrected chi connectivity index (χ0v) is 9.88. The molecular weight excluding hydrogens is 188 g/mol. The first-order chi connectivity index (χ1) is 7.10. The summed E-state index contributed by atoms with van der Waals surface area (Å²) in [6.07, 6.45) is 5.85. The van der Waals surface area contributed by atoms with Crippen LogP contribution in [-0.2, 0) is 4.79 Å². The van der Waals surface area contributed by atoms with Crippen LogP contribution in [0.1, 0.15) is 25.7 Å². The molecule has 0 aromatic rings. The Kier molecular flexibility index (Phi) is 4.33. The zero-order chi connectivity index (χ0) is 11.3. The van der Waals surface area contributed by atoms with Gasteiger partial charge >= 0.3 is 0 Å². The van der Waals surface area contributed by atoms with E-state index in [1.54, 1.807) is 0 Å². The van der Waals surface area contributed by atoms with E-state index in [4.69, 9.17) is 0 Å². The number of carbonyl (C=O) groups excluding carboxylic acids is 1. The molecule has 0 bridgehead atoms. The van der Waals surface area contributed by atoms with E-state index in [1.165, 1.54) is 0 Å². The number of carbonyl (C=O) groups is 1. The summed E-state index contributed by atoms with van der Waals surface area (Å²) in [6.45, 7) is 5.59. The molecule has 3 heteroatoms. The number of hydrogen-bond acceptors (Lipinski definition) is 2. The Hall–Kier alpha value is -0.830. The van der Waals surface area contributed by atoms with Crippen molar-refractivity contribution in [3.05, 3.63) is 12.7 Å². The molecule has 1 unspecified atom stereocenters. The van der Waals surface area contributed by atoms with Gasteiger partial charge in [0, 0.05) is 6.54 Å². The van der Waals surface area contributed by atoms with Crippen LogP contribution < -0.4 is 5.32 Å². The fraction of sp³-hybridized carbons (Fsp3) is 0.750. The van der Waals surface area contributed by atoms with E-state index in [1.807, 2.05) is 20.2 Å². The van der Waals surface area contributed by atoms with Gasteiger partial charge in [0.05, 0.1) is 5.41 Å². The molecule has 1 amide bonds. The zero-order valence-electron chi connectivity index (χ0n) is 9.88. The lowest BCUT2D eigenvalue weighted by atomic mass is 9.79. The Morgan fingerprint density at radius 3 is 2.87 bits per heavy atom. The summed E-state index contributed by atoms with van der Waals surface area (Å²) in [5.41, 5.74) is -0.333. The van der Waals surface area contributed by atoms with E-state index < -0.39 is 0 Å². The Bertz CT molecular complexity index is 238. The van der Waals surface area contributed by atoms with Crippen LogP contribution in [-0.4, -0.2) is 38.0 Å². The average Bonchev–Trinajstić information content (AvgIpc) is 2.38. The summed E-state index contributed by atoms with van der Waals surface area (Å²) in [5, 5.41) is 2.98. The molecule has 15 heavy (non-hydrogen) atoms. The summed E-state index contributed by atoms with van der Waals surface area (Å²) in [7, 11) is 4.07. The molecule has 0 aromatic carbocycles. The van der Waals surface area contributed by atoms with Crippen LogP contribution in [0.4, 0.5) is 0 Å². The van der Waals surface area contributed by atoms with Crippen LogP contribution in [0, 0.1) is 5.41 Å². The van der Waals surface area contributed by atoms with Crippen molar-refractivity contribution in [2.75, 3.05) is 27.2 Å². The van der Waals surface area contributed by atoms with E-state index in [0.717, 1.165) is 38.8 Å². The van der Waals surface area contributed by atoms with E-state index in [0.29, 0.717) is 0 Å². The van der Waals surface area contributed by atoms with E-state index in [-0.39, 0.29) is 11.3 Å². The second-order valence-corrected chi connectivity index (χ2v) is 4.63. The molecule has 1 atom stereocenters. The van der Waals surface area contributed by atoms with Gasteiger partial charge in [-0.1, -0.05) is 12.5 Å². The van der Waals surface area contributed by atoms with Crippen LogP contribution in [0.3, 0.4) is 0 Å². The average molecular weight is 210 g/mol. The number of rotatable bonds is 4. The molecule has 1 aliphatic rings. The minimum atomic E-state index is -0.333. The Morgan fingerprint density at radius 1 is 1.53 bits per heavy atom. The third-order valence-electron chi connectivity index (χ3n) is 3.18. The van der Waals surface area contributed by atoms with Gasteiger partial charge in [-0.25, -0.2) is 0 Å². The lowest BCUT2D eigenvalue weighted by Gasteiger charge is -2.28. The van der Waals surface area contributed by atoms with Gasteiger partial charge in [-0.2, -0.15) is 0 Å². The van der Waals surface area contributed by atoms with Gasteiger partial charge in [0.2, 0.25) is 5.91 Å². The maximum absolute atomic E-state index is 12.0. The normalized spacial score (nSPS) is 27.3. The largest absolute Gasteiger partial charge is 0.355 e. The monoisotopic (exact) mass is 210 g/mol. The molecule has 1 saturated heterocycles. The van der Waals surface area contributed by atoms with Crippen LogP contribution in [0.2, 0.25) is 0 Å². The number of amides is 1. The Balaban J connectivity index is 2.70. The topological polar surface area (TPSA) is 32.3 Å². The standard InChI is InChI=1S/C12H22N2O/c1-4-12(8-10-14(2)3)7-5-6-9-13-11(12)15/h4H,1,5-10H2,2-3H3,(H,13,15). The summed E-state index contributed by atoms with van der Waals surface area (Å²) < 4.78 is 0. The molecule has 0 radical (unpaired) electrons. The van der Waals surface area contributed by atoms with E-state index in [9.17, 15) is 4.79 Å². The van der Waals surface area contributed by atoms with Gasteiger partial charge in [-0.3, -0.25) is 4.79 Å². The summed E-state index contributed by atoms with van der Waals surface area (Å²) in [4.78, 5) is 14.1. The summed E-state index contributed by atoms with van der Waals surface area (Å²) in [6, 6.07) is 0. The highest BCUT2D eigenvalue weighted by Gasteiger charge is 2.35. The molecule has 1 heterocycles. The molecule has 86 valence electrons. The maximum Gasteiger partial charge on any atom is 0.230 e. The molecule has 1 N–H and O–H groups in total. The molecule has 0 saturated carbocycles. The quantitative estimate of drug-likeness (QED) is 0.712. The SMILES string of the molecule is C=CC1(CCN(C)C)CCCCNC1=O. The first-order valence-electron chi connectivity index (χ1n) is 5.67. The molecule has 3 nitrogen and oxygen atoms in total. The molecule has 1 rings (SSSR count). The minimum Gasteiger partial charge on any atom is -0.355 e. The first-order valence-corrected chi connectivity index (χ1v) is 5.67.